The molecule has 1 amide bonds. The predicted octanol–water partition coefficient (Wildman–Crippen LogP) is 3.04. The van der Waals surface area contributed by atoms with Gasteiger partial charge in [0.15, 0.2) is 0 Å². The van der Waals surface area contributed by atoms with Crippen LogP contribution < -0.4 is 0 Å². The zero-order valence-electron chi connectivity index (χ0n) is 16.5. The number of carbonyl (C=O) groups excluding carboxylic acids is 1. The lowest BCUT2D eigenvalue weighted by molar-refractivity contribution is -0.143. The molecule has 0 saturated heterocycles. The third kappa shape index (κ3) is 3.17. The Labute approximate surface area is 177 Å². The van der Waals surface area contributed by atoms with Crippen LogP contribution in [0, 0.1) is 0 Å². The van der Waals surface area contributed by atoms with Gasteiger partial charge in [-0.25, -0.2) is 4.98 Å². The number of amides is 1. The summed E-state index contributed by atoms with van der Waals surface area (Å²) >= 11 is 1.38. The lowest BCUT2D eigenvalue weighted by Gasteiger charge is -2.26. The highest BCUT2D eigenvalue weighted by atomic mass is 32.1. The van der Waals surface area contributed by atoms with Crippen LogP contribution in [-0.2, 0) is 33.2 Å². The van der Waals surface area contributed by atoms with E-state index in [0.717, 1.165) is 21.0 Å². The second kappa shape index (κ2) is 6.87. The van der Waals surface area contributed by atoms with E-state index in [1.807, 2.05) is 0 Å². The standard InChI is InChI=1S/C19H16F3N7OS/c1-27-15(19(20,21)22)5-12(25-27)16-10-3-4-29(8-14(10)26-28(16)2)18(30)11-6-23-7-13-17(11)31-9-24-13/h5-7,9H,3-4,8H2,1-2H3. The molecule has 0 saturated carbocycles. The van der Waals surface area contributed by atoms with Gasteiger partial charge in [0.05, 0.1) is 39.9 Å². The molecule has 31 heavy (non-hydrogen) atoms. The molecule has 0 N–H and O–H groups in total. The Morgan fingerprint density at radius 1 is 1.16 bits per heavy atom. The second-order valence-electron chi connectivity index (χ2n) is 7.30. The van der Waals surface area contributed by atoms with Gasteiger partial charge < -0.3 is 4.90 Å². The van der Waals surface area contributed by atoms with E-state index in [2.05, 4.69) is 20.2 Å². The molecule has 1 aliphatic heterocycles. The Morgan fingerprint density at radius 3 is 2.71 bits per heavy atom. The highest BCUT2D eigenvalue weighted by Crippen LogP contribution is 2.35. The fraction of sp³-hybridized carbons (Fsp3) is 0.316. The van der Waals surface area contributed by atoms with Crippen molar-refractivity contribution >= 4 is 27.5 Å². The van der Waals surface area contributed by atoms with Crippen molar-refractivity contribution in [1.82, 2.24) is 34.4 Å². The number of fused-ring (bicyclic) bond motifs is 2. The van der Waals surface area contributed by atoms with E-state index in [4.69, 9.17) is 0 Å². The summed E-state index contributed by atoms with van der Waals surface area (Å²) in [5, 5.41) is 8.53. The predicted molar refractivity (Wildman–Crippen MR) is 106 cm³/mol. The largest absolute Gasteiger partial charge is 0.433 e. The highest BCUT2D eigenvalue weighted by molar-refractivity contribution is 7.17. The van der Waals surface area contributed by atoms with E-state index >= 15 is 0 Å². The number of halogens is 3. The number of thiazole rings is 1. The molecule has 4 aromatic rings. The Bertz CT molecular complexity index is 1320. The molecular weight excluding hydrogens is 431 g/mol. The molecule has 1 aliphatic rings. The minimum atomic E-state index is -4.49. The number of hydrogen-bond donors (Lipinski definition) is 0. The summed E-state index contributed by atoms with van der Waals surface area (Å²) in [4.78, 5) is 23.1. The van der Waals surface area contributed by atoms with Crippen molar-refractivity contribution in [3.63, 3.8) is 0 Å². The monoisotopic (exact) mass is 447 g/mol. The van der Waals surface area contributed by atoms with Crippen molar-refractivity contribution in [2.45, 2.75) is 19.1 Å². The van der Waals surface area contributed by atoms with Gasteiger partial charge in [0, 0.05) is 32.4 Å². The first kappa shape index (κ1) is 19.7. The number of aryl methyl sites for hydroxylation is 2. The molecule has 0 aliphatic carbocycles. The van der Waals surface area contributed by atoms with Gasteiger partial charge >= 0.3 is 6.18 Å². The molecule has 5 rings (SSSR count). The van der Waals surface area contributed by atoms with Crippen molar-refractivity contribution in [2.24, 2.45) is 14.1 Å². The minimum absolute atomic E-state index is 0.169. The SMILES string of the molecule is Cn1nc(-c2c3c(nn2C)CN(C(=O)c2cncc4ncsc24)CC3)cc1C(F)(F)F. The van der Waals surface area contributed by atoms with Crippen LogP contribution >= 0.6 is 11.3 Å². The van der Waals surface area contributed by atoms with Crippen LogP contribution in [0.2, 0.25) is 0 Å². The number of rotatable bonds is 2. The van der Waals surface area contributed by atoms with Gasteiger partial charge in [-0.3, -0.25) is 19.1 Å². The molecule has 160 valence electrons. The maximum Gasteiger partial charge on any atom is 0.433 e. The van der Waals surface area contributed by atoms with Crippen molar-refractivity contribution in [3.8, 4) is 11.4 Å². The van der Waals surface area contributed by atoms with Crippen molar-refractivity contribution < 1.29 is 18.0 Å². The van der Waals surface area contributed by atoms with Gasteiger partial charge in [0.1, 0.15) is 16.9 Å². The first-order valence-corrected chi connectivity index (χ1v) is 10.2. The van der Waals surface area contributed by atoms with E-state index in [1.165, 1.54) is 29.3 Å². The molecule has 0 bridgehead atoms. The smallest absolute Gasteiger partial charge is 0.332 e. The van der Waals surface area contributed by atoms with Crippen LogP contribution in [-0.4, -0.2) is 46.9 Å². The van der Waals surface area contributed by atoms with E-state index in [-0.39, 0.29) is 18.1 Å². The van der Waals surface area contributed by atoms with Crippen molar-refractivity contribution in [3.05, 3.63) is 46.5 Å². The third-order valence-corrected chi connectivity index (χ3v) is 6.25. The number of aromatic nitrogens is 6. The van der Waals surface area contributed by atoms with Crippen molar-refractivity contribution in [2.75, 3.05) is 6.54 Å². The number of hydrogen-bond acceptors (Lipinski definition) is 6. The average molecular weight is 447 g/mol. The van der Waals surface area contributed by atoms with Crippen LogP contribution in [0.3, 0.4) is 0 Å². The number of alkyl halides is 3. The summed E-state index contributed by atoms with van der Waals surface area (Å²) in [6.07, 6.45) is -0.874. The van der Waals surface area contributed by atoms with Gasteiger partial charge in [-0.05, 0) is 12.5 Å². The average Bonchev–Trinajstić information content (AvgIpc) is 3.41. The zero-order chi connectivity index (χ0) is 21.9. The first-order valence-electron chi connectivity index (χ1n) is 9.37. The lowest BCUT2D eigenvalue weighted by Crippen LogP contribution is -2.36. The fourth-order valence-corrected chi connectivity index (χ4v) is 4.74. The van der Waals surface area contributed by atoms with Gasteiger partial charge in [-0.2, -0.15) is 23.4 Å². The zero-order valence-corrected chi connectivity index (χ0v) is 17.3. The van der Waals surface area contributed by atoms with E-state index < -0.39 is 11.9 Å². The molecule has 0 spiro atoms. The normalized spacial score (nSPS) is 14.3. The quantitative estimate of drug-likeness (QED) is 0.472. The number of nitrogens with zero attached hydrogens (tertiary/aromatic N) is 7. The third-order valence-electron chi connectivity index (χ3n) is 5.37. The topological polar surface area (TPSA) is 81.7 Å². The van der Waals surface area contributed by atoms with Crippen LogP contribution in [0.15, 0.2) is 24.0 Å². The Hall–Kier alpha value is -3.28. The van der Waals surface area contributed by atoms with Crippen molar-refractivity contribution in [1.29, 1.82) is 0 Å². The molecule has 0 aromatic carbocycles. The maximum atomic E-state index is 13.2. The van der Waals surface area contributed by atoms with Gasteiger partial charge in [0.25, 0.3) is 5.91 Å². The summed E-state index contributed by atoms with van der Waals surface area (Å²) in [6.45, 7) is 0.675. The summed E-state index contributed by atoms with van der Waals surface area (Å²) in [7, 11) is 2.94. The summed E-state index contributed by atoms with van der Waals surface area (Å²) in [6, 6.07) is 1.03. The molecule has 8 nitrogen and oxygen atoms in total. The molecule has 12 heteroatoms. The fourth-order valence-electron chi connectivity index (χ4n) is 3.97. The molecule has 5 heterocycles. The van der Waals surface area contributed by atoms with Gasteiger partial charge in [-0.15, -0.1) is 11.3 Å². The lowest BCUT2D eigenvalue weighted by atomic mass is 10.0. The van der Waals surface area contributed by atoms with Crippen LogP contribution in [0.4, 0.5) is 13.2 Å². The molecule has 0 unspecified atom stereocenters. The molecular formula is C19H16F3N7OS. The molecule has 4 aromatic heterocycles. The number of carbonyl (C=O) groups is 1. The molecule has 0 atom stereocenters. The van der Waals surface area contributed by atoms with Crippen LogP contribution in [0.1, 0.15) is 27.3 Å². The van der Waals surface area contributed by atoms with Crippen LogP contribution in [0.5, 0.6) is 0 Å². The second-order valence-corrected chi connectivity index (χ2v) is 8.15. The Kier molecular flexibility index (Phi) is 4.36. The highest BCUT2D eigenvalue weighted by Gasteiger charge is 2.36. The first-order chi connectivity index (χ1) is 14.7. The summed E-state index contributed by atoms with van der Waals surface area (Å²) < 4.78 is 42.7. The Balaban J connectivity index is 1.47. The number of pyridine rings is 1. The van der Waals surface area contributed by atoms with E-state index in [1.54, 1.807) is 23.7 Å². The van der Waals surface area contributed by atoms with Gasteiger partial charge in [-0.1, -0.05) is 0 Å². The van der Waals surface area contributed by atoms with Crippen LogP contribution in [0.25, 0.3) is 21.6 Å². The molecule has 0 radical (unpaired) electrons. The Morgan fingerprint density at radius 2 is 1.97 bits per heavy atom. The van der Waals surface area contributed by atoms with E-state index in [0.29, 0.717) is 35.4 Å². The van der Waals surface area contributed by atoms with Gasteiger partial charge in [0.2, 0.25) is 0 Å². The van der Waals surface area contributed by atoms with E-state index in [9.17, 15) is 18.0 Å². The summed E-state index contributed by atoms with van der Waals surface area (Å²) in [5.74, 6) is -0.169. The maximum absolute atomic E-state index is 13.2. The minimum Gasteiger partial charge on any atom is -0.332 e. The molecule has 0 fully saturated rings. The summed E-state index contributed by atoms with van der Waals surface area (Å²) in [5.41, 5.74) is 4.22.